The van der Waals surface area contributed by atoms with E-state index in [4.69, 9.17) is 5.11 Å². The number of carboxylic acid groups (broad SMARTS) is 1. The lowest BCUT2D eigenvalue weighted by Gasteiger charge is -2.10. The van der Waals surface area contributed by atoms with Crippen LogP contribution in [0.4, 0.5) is 16.3 Å². The second kappa shape index (κ2) is 6.20. The van der Waals surface area contributed by atoms with Crippen LogP contribution in [0.2, 0.25) is 0 Å². The molecule has 0 aliphatic carbocycles. The third-order valence-corrected chi connectivity index (χ3v) is 4.32. The number of anilines is 2. The van der Waals surface area contributed by atoms with E-state index in [1.807, 2.05) is 0 Å². The molecule has 0 fully saturated rings. The van der Waals surface area contributed by atoms with Crippen molar-refractivity contribution in [1.82, 2.24) is 20.0 Å². The lowest BCUT2D eigenvalue weighted by atomic mass is 10.2. The van der Waals surface area contributed by atoms with Crippen LogP contribution in [0.1, 0.15) is 12.6 Å². The minimum Gasteiger partial charge on any atom is -0.465 e. The van der Waals surface area contributed by atoms with Gasteiger partial charge in [-0.25, -0.2) is 22.9 Å². The third kappa shape index (κ3) is 3.74. The maximum atomic E-state index is 11.6. The van der Waals surface area contributed by atoms with Crippen LogP contribution in [-0.2, 0) is 17.1 Å². The lowest BCUT2D eigenvalue weighted by molar-refractivity contribution is 0.209. The molecular formula is C12H16N6O4S. The van der Waals surface area contributed by atoms with Gasteiger partial charge in [-0.3, -0.25) is 10.0 Å². The molecule has 124 valence electrons. The van der Waals surface area contributed by atoms with Gasteiger partial charge < -0.3 is 5.11 Å². The van der Waals surface area contributed by atoms with Gasteiger partial charge in [0.1, 0.15) is 0 Å². The molecule has 0 atom stereocenters. The van der Waals surface area contributed by atoms with Gasteiger partial charge in [-0.1, -0.05) is 5.21 Å². The molecule has 2 heterocycles. The van der Waals surface area contributed by atoms with Gasteiger partial charge in [-0.2, -0.15) is 0 Å². The molecule has 2 aromatic heterocycles. The summed E-state index contributed by atoms with van der Waals surface area (Å²) in [4.78, 5) is 15.1. The predicted octanol–water partition coefficient (Wildman–Crippen LogP) is 1.04. The number of rotatable bonds is 5. The summed E-state index contributed by atoms with van der Waals surface area (Å²) >= 11 is 0. The van der Waals surface area contributed by atoms with Gasteiger partial charge in [0.15, 0.2) is 11.5 Å². The van der Waals surface area contributed by atoms with Gasteiger partial charge in [0, 0.05) is 7.05 Å². The largest absolute Gasteiger partial charge is 0.465 e. The van der Waals surface area contributed by atoms with E-state index >= 15 is 0 Å². The van der Waals surface area contributed by atoms with Gasteiger partial charge in [0.25, 0.3) is 0 Å². The first-order valence-corrected chi connectivity index (χ1v) is 8.27. The van der Waals surface area contributed by atoms with E-state index in [0.29, 0.717) is 17.1 Å². The Hall–Kier alpha value is -2.69. The van der Waals surface area contributed by atoms with Crippen LogP contribution < -0.4 is 10.0 Å². The molecule has 0 aliphatic rings. The van der Waals surface area contributed by atoms with E-state index in [9.17, 15) is 13.2 Å². The Kier molecular flexibility index (Phi) is 4.50. The number of hydrogen-bond donors (Lipinski definition) is 3. The molecule has 0 saturated heterocycles. The Labute approximate surface area is 132 Å². The summed E-state index contributed by atoms with van der Waals surface area (Å²) in [5, 5.41) is 18.7. The summed E-state index contributed by atoms with van der Waals surface area (Å²) in [6.45, 7) is 3.17. The first-order chi connectivity index (χ1) is 10.7. The van der Waals surface area contributed by atoms with Crippen LogP contribution in [0.15, 0.2) is 12.1 Å². The predicted molar refractivity (Wildman–Crippen MR) is 83.7 cm³/mol. The molecule has 3 N–H and O–H groups in total. The summed E-state index contributed by atoms with van der Waals surface area (Å²) < 4.78 is 26.9. The summed E-state index contributed by atoms with van der Waals surface area (Å²) in [6, 6.07) is 3.08. The fraction of sp³-hybridized carbons (Fsp3) is 0.333. The van der Waals surface area contributed by atoms with Crippen molar-refractivity contribution in [1.29, 1.82) is 0 Å². The molecule has 0 aliphatic heterocycles. The van der Waals surface area contributed by atoms with Crippen molar-refractivity contribution < 1.29 is 18.3 Å². The molecule has 0 aromatic carbocycles. The van der Waals surface area contributed by atoms with Crippen molar-refractivity contribution in [3.05, 3.63) is 17.8 Å². The molecule has 2 aromatic rings. The maximum absolute atomic E-state index is 11.6. The number of amides is 1. The van der Waals surface area contributed by atoms with Crippen LogP contribution >= 0.6 is 0 Å². The first-order valence-electron chi connectivity index (χ1n) is 6.61. The van der Waals surface area contributed by atoms with Crippen LogP contribution in [0.3, 0.4) is 0 Å². The normalized spacial score (nSPS) is 11.3. The SMILES string of the molecule is CCS(=O)(=O)Nc1ccc(-c2nnn(C)c2NC(=O)O)nc1C. The van der Waals surface area contributed by atoms with Gasteiger partial charge in [0.05, 0.1) is 22.8 Å². The molecule has 23 heavy (non-hydrogen) atoms. The van der Waals surface area contributed by atoms with E-state index in [2.05, 4.69) is 25.3 Å². The Morgan fingerprint density at radius 3 is 2.65 bits per heavy atom. The number of nitrogens with zero attached hydrogens (tertiary/aromatic N) is 4. The molecule has 0 radical (unpaired) electrons. The summed E-state index contributed by atoms with van der Waals surface area (Å²) in [5.74, 6) is 0.122. The average molecular weight is 340 g/mol. The third-order valence-electron chi connectivity index (χ3n) is 3.03. The minimum atomic E-state index is -3.40. The molecule has 0 saturated carbocycles. The zero-order chi connectivity index (χ0) is 17.2. The van der Waals surface area contributed by atoms with E-state index in [0.717, 1.165) is 0 Å². The molecule has 2 rings (SSSR count). The monoisotopic (exact) mass is 340 g/mol. The number of carbonyl (C=O) groups is 1. The van der Waals surface area contributed by atoms with E-state index in [-0.39, 0.29) is 17.3 Å². The maximum Gasteiger partial charge on any atom is 0.410 e. The van der Waals surface area contributed by atoms with E-state index in [1.54, 1.807) is 20.0 Å². The molecule has 1 amide bonds. The summed E-state index contributed by atoms with van der Waals surface area (Å²) in [6.07, 6.45) is -1.25. The van der Waals surface area contributed by atoms with E-state index < -0.39 is 16.1 Å². The molecule has 10 nitrogen and oxygen atoms in total. The number of nitrogens with one attached hydrogen (secondary N) is 2. The van der Waals surface area contributed by atoms with E-state index in [1.165, 1.54) is 17.7 Å². The number of hydrogen-bond acceptors (Lipinski definition) is 6. The van der Waals surface area contributed by atoms with Gasteiger partial charge in [-0.05, 0) is 26.0 Å². The van der Waals surface area contributed by atoms with Crippen molar-refractivity contribution in [3.63, 3.8) is 0 Å². The highest BCUT2D eigenvalue weighted by molar-refractivity contribution is 7.92. The van der Waals surface area contributed by atoms with Crippen LogP contribution in [0.5, 0.6) is 0 Å². The smallest absolute Gasteiger partial charge is 0.410 e. The minimum absolute atomic E-state index is 0.0506. The zero-order valence-electron chi connectivity index (χ0n) is 12.7. The van der Waals surface area contributed by atoms with Gasteiger partial charge in [0.2, 0.25) is 10.0 Å². The number of aryl methyl sites for hydroxylation is 2. The van der Waals surface area contributed by atoms with Crippen molar-refractivity contribution in [3.8, 4) is 11.4 Å². The second-order valence-electron chi connectivity index (χ2n) is 4.68. The summed E-state index contributed by atoms with van der Waals surface area (Å²) in [7, 11) is -1.86. The first kappa shape index (κ1) is 16.7. The van der Waals surface area contributed by atoms with Crippen molar-refractivity contribution in [2.75, 3.05) is 15.8 Å². The van der Waals surface area contributed by atoms with Crippen LogP contribution in [0, 0.1) is 6.92 Å². The molecular weight excluding hydrogens is 324 g/mol. The van der Waals surface area contributed by atoms with Gasteiger partial charge >= 0.3 is 6.09 Å². The number of aromatic nitrogens is 4. The van der Waals surface area contributed by atoms with Crippen molar-refractivity contribution in [2.24, 2.45) is 7.05 Å². The van der Waals surface area contributed by atoms with Crippen molar-refractivity contribution in [2.45, 2.75) is 13.8 Å². The Morgan fingerprint density at radius 2 is 2.09 bits per heavy atom. The molecule has 0 unspecified atom stereocenters. The van der Waals surface area contributed by atoms with Crippen LogP contribution in [-0.4, -0.2) is 45.3 Å². The lowest BCUT2D eigenvalue weighted by Crippen LogP contribution is -2.16. The van der Waals surface area contributed by atoms with Gasteiger partial charge in [-0.15, -0.1) is 5.10 Å². The molecule has 0 spiro atoms. The summed E-state index contributed by atoms with van der Waals surface area (Å²) in [5.41, 5.74) is 1.42. The highest BCUT2D eigenvalue weighted by Crippen LogP contribution is 2.26. The zero-order valence-corrected chi connectivity index (χ0v) is 13.5. The Morgan fingerprint density at radius 1 is 1.39 bits per heavy atom. The molecule has 11 heteroatoms. The Bertz CT molecular complexity index is 845. The fourth-order valence-electron chi connectivity index (χ4n) is 1.81. The quantitative estimate of drug-likeness (QED) is 0.738. The molecule has 0 bridgehead atoms. The standard InChI is InChI=1S/C12H16N6O4S/c1-4-23(21,22)16-8-5-6-9(13-7(8)2)10-11(14-12(19)20)18(3)17-15-10/h5-6,14,16H,4H2,1-3H3,(H,19,20). The number of sulfonamides is 1. The topological polar surface area (TPSA) is 139 Å². The second-order valence-corrected chi connectivity index (χ2v) is 6.69. The fourth-order valence-corrected chi connectivity index (χ4v) is 2.51. The Balaban J connectivity index is 2.40. The average Bonchev–Trinajstić information content (AvgIpc) is 2.82. The van der Waals surface area contributed by atoms with Crippen molar-refractivity contribution >= 4 is 27.6 Å². The highest BCUT2D eigenvalue weighted by atomic mass is 32.2. The number of pyridine rings is 1. The highest BCUT2D eigenvalue weighted by Gasteiger charge is 2.17. The van der Waals surface area contributed by atoms with Crippen LogP contribution in [0.25, 0.3) is 11.4 Å².